The Morgan fingerprint density at radius 2 is 2.24 bits per heavy atom. The van der Waals surface area contributed by atoms with Crippen molar-refractivity contribution in [3.8, 4) is 0 Å². The van der Waals surface area contributed by atoms with Crippen LogP contribution in [-0.4, -0.2) is 41.4 Å². The van der Waals surface area contributed by atoms with Crippen molar-refractivity contribution < 1.29 is 4.79 Å². The standard InChI is InChI=1S/C12H19N3OS/c1-10-11(9-17-14-10)12(16)13-5-8-15-6-3-2-4-7-15/h9H,2-8H2,1H3,(H,13,16). The summed E-state index contributed by atoms with van der Waals surface area (Å²) in [5, 5.41) is 4.77. The largest absolute Gasteiger partial charge is 0.351 e. The Kier molecular flexibility index (Phi) is 4.50. The summed E-state index contributed by atoms with van der Waals surface area (Å²) >= 11 is 1.33. The van der Waals surface area contributed by atoms with Gasteiger partial charge in [0.15, 0.2) is 0 Å². The summed E-state index contributed by atoms with van der Waals surface area (Å²) < 4.78 is 4.11. The van der Waals surface area contributed by atoms with Gasteiger partial charge in [-0.25, -0.2) is 0 Å². The molecular weight excluding hydrogens is 234 g/mol. The second kappa shape index (κ2) is 6.12. The van der Waals surface area contributed by atoms with E-state index in [-0.39, 0.29) is 5.91 Å². The Balaban J connectivity index is 1.71. The molecule has 1 saturated heterocycles. The molecule has 1 amide bonds. The molecule has 0 saturated carbocycles. The quantitative estimate of drug-likeness (QED) is 0.887. The molecule has 0 bridgehead atoms. The molecule has 5 heteroatoms. The van der Waals surface area contributed by atoms with Crippen LogP contribution in [0.2, 0.25) is 0 Å². The first-order valence-corrected chi connectivity index (χ1v) is 7.02. The summed E-state index contributed by atoms with van der Waals surface area (Å²) in [7, 11) is 0. The van der Waals surface area contributed by atoms with E-state index in [1.165, 1.54) is 43.9 Å². The van der Waals surface area contributed by atoms with Crippen LogP contribution in [-0.2, 0) is 0 Å². The molecule has 1 aliphatic rings. The number of amides is 1. The number of hydrogen-bond donors (Lipinski definition) is 1. The highest BCUT2D eigenvalue weighted by Crippen LogP contribution is 2.09. The van der Waals surface area contributed by atoms with Crippen LogP contribution in [0, 0.1) is 6.92 Å². The van der Waals surface area contributed by atoms with Crippen molar-refractivity contribution in [2.45, 2.75) is 26.2 Å². The Hall–Kier alpha value is -0.940. The van der Waals surface area contributed by atoms with Crippen molar-refractivity contribution in [1.82, 2.24) is 14.6 Å². The molecule has 94 valence electrons. The second-order valence-corrected chi connectivity index (χ2v) is 5.10. The summed E-state index contributed by atoms with van der Waals surface area (Å²) in [6.07, 6.45) is 3.94. The number of rotatable bonds is 4. The molecule has 2 rings (SSSR count). The number of carbonyl (C=O) groups excluding carboxylic acids is 1. The molecule has 1 aromatic heterocycles. The van der Waals surface area contributed by atoms with Gasteiger partial charge in [0, 0.05) is 18.5 Å². The minimum Gasteiger partial charge on any atom is -0.351 e. The number of nitrogens with one attached hydrogen (secondary N) is 1. The molecule has 0 unspecified atom stereocenters. The van der Waals surface area contributed by atoms with Gasteiger partial charge in [-0.05, 0) is 44.4 Å². The fraction of sp³-hybridized carbons (Fsp3) is 0.667. The predicted molar refractivity (Wildman–Crippen MR) is 69.5 cm³/mol. The van der Waals surface area contributed by atoms with E-state index in [1.807, 2.05) is 12.3 Å². The molecule has 4 nitrogen and oxygen atoms in total. The van der Waals surface area contributed by atoms with Crippen LogP contribution in [0.15, 0.2) is 5.38 Å². The van der Waals surface area contributed by atoms with Gasteiger partial charge in [-0.3, -0.25) is 4.79 Å². The molecule has 1 N–H and O–H groups in total. The number of piperidine rings is 1. The minimum atomic E-state index is 0.00765. The van der Waals surface area contributed by atoms with Crippen LogP contribution in [0.3, 0.4) is 0 Å². The fourth-order valence-corrected chi connectivity index (χ4v) is 2.81. The maximum absolute atomic E-state index is 11.8. The zero-order valence-corrected chi connectivity index (χ0v) is 11.1. The summed E-state index contributed by atoms with van der Waals surface area (Å²) in [5.74, 6) is 0.00765. The topological polar surface area (TPSA) is 45.2 Å². The highest BCUT2D eigenvalue weighted by Gasteiger charge is 2.12. The zero-order valence-electron chi connectivity index (χ0n) is 10.2. The SMILES string of the molecule is Cc1nscc1C(=O)NCCN1CCCCC1. The van der Waals surface area contributed by atoms with Gasteiger partial charge in [0.25, 0.3) is 5.91 Å². The van der Waals surface area contributed by atoms with Gasteiger partial charge in [0.1, 0.15) is 0 Å². The Morgan fingerprint density at radius 3 is 2.88 bits per heavy atom. The number of likely N-dealkylation sites (tertiary alicyclic amines) is 1. The first-order valence-electron chi connectivity index (χ1n) is 6.19. The molecule has 1 aromatic rings. The van der Waals surface area contributed by atoms with E-state index in [9.17, 15) is 4.79 Å². The first-order chi connectivity index (χ1) is 8.27. The highest BCUT2D eigenvalue weighted by molar-refractivity contribution is 7.03. The highest BCUT2D eigenvalue weighted by atomic mass is 32.1. The number of aromatic nitrogens is 1. The van der Waals surface area contributed by atoms with E-state index in [0.29, 0.717) is 5.56 Å². The van der Waals surface area contributed by atoms with Gasteiger partial charge < -0.3 is 10.2 Å². The van der Waals surface area contributed by atoms with Gasteiger partial charge in [-0.15, -0.1) is 0 Å². The molecule has 0 aliphatic carbocycles. The Morgan fingerprint density at radius 1 is 1.47 bits per heavy atom. The number of carbonyl (C=O) groups is 1. The number of aryl methyl sites for hydroxylation is 1. The summed E-state index contributed by atoms with van der Waals surface area (Å²) in [6.45, 7) is 5.91. The average Bonchev–Trinajstić information content (AvgIpc) is 2.77. The van der Waals surface area contributed by atoms with Crippen molar-refractivity contribution in [3.05, 3.63) is 16.6 Å². The van der Waals surface area contributed by atoms with Crippen LogP contribution >= 0.6 is 11.5 Å². The third-order valence-corrected chi connectivity index (χ3v) is 3.88. The normalized spacial score (nSPS) is 17.0. The molecular formula is C12H19N3OS. The van der Waals surface area contributed by atoms with E-state index >= 15 is 0 Å². The van der Waals surface area contributed by atoms with Crippen LogP contribution in [0.1, 0.15) is 35.3 Å². The summed E-state index contributed by atoms with van der Waals surface area (Å²) in [6, 6.07) is 0. The van der Waals surface area contributed by atoms with E-state index in [4.69, 9.17) is 0 Å². The van der Waals surface area contributed by atoms with Crippen molar-refractivity contribution in [2.24, 2.45) is 0 Å². The lowest BCUT2D eigenvalue weighted by Gasteiger charge is -2.26. The molecule has 2 heterocycles. The molecule has 17 heavy (non-hydrogen) atoms. The van der Waals surface area contributed by atoms with Gasteiger partial charge in [-0.2, -0.15) is 4.37 Å². The van der Waals surface area contributed by atoms with Gasteiger partial charge in [-0.1, -0.05) is 6.42 Å². The van der Waals surface area contributed by atoms with Gasteiger partial charge in [0.05, 0.1) is 11.3 Å². The van der Waals surface area contributed by atoms with E-state index in [2.05, 4.69) is 14.6 Å². The lowest BCUT2D eigenvalue weighted by atomic mass is 10.1. The Labute approximate surface area is 106 Å². The van der Waals surface area contributed by atoms with Crippen LogP contribution in [0.4, 0.5) is 0 Å². The maximum Gasteiger partial charge on any atom is 0.254 e. The lowest BCUT2D eigenvalue weighted by molar-refractivity contribution is 0.0946. The van der Waals surface area contributed by atoms with Crippen LogP contribution in [0.25, 0.3) is 0 Å². The average molecular weight is 253 g/mol. The monoisotopic (exact) mass is 253 g/mol. The van der Waals surface area contributed by atoms with E-state index in [1.54, 1.807) is 0 Å². The van der Waals surface area contributed by atoms with E-state index < -0.39 is 0 Å². The van der Waals surface area contributed by atoms with Crippen molar-refractivity contribution in [2.75, 3.05) is 26.2 Å². The molecule has 0 spiro atoms. The molecule has 0 aromatic carbocycles. The number of nitrogens with zero attached hydrogens (tertiary/aromatic N) is 2. The van der Waals surface area contributed by atoms with Crippen LogP contribution < -0.4 is 5.32 Å². The Bertz CT molecular complexity index is 372. The van der Waals surface area contributed by atoms with Crippen LogP contribution in [0.5, 0.6) is 0 Å². The van der Waals surface area contributed by atoms with Crippen molar-refractivity contribution in [1.29, 1.82) is 0 Å². The van der Waals surface area contributed by atoms with Crippen molar-refractivity contribution >= 4 is 17.4 Å². The molecule has 1 aliphatic heterocycles. The molecule has 0 radical (unpaired) electrons. The smallest absolute Gasteiger partial charge is 0.254 e. The van der Waals surface area contributed by atoms with Crippen molar-refractivity contribution in [3.63, 3.8) is 0 Å². The minimum absolute atomic E-state index is 0.00765. The maximum atomic E-state index is 11.8. The summed E-state index contributed by atoms with van der Waals surface area (Å²) in [4.78, 5) is 14.2. The third-order valence-electron chi connectivity index (χ3n) is 3.16. The summed E-state index contributed by atoms with van der Waals surface area (Å²) in [5.41, 5.74) is 1.54. The third kappa shape index (κ3) is 3.51. The number of hydrogen-bond acceptors (Lipinski definition) is 4. The lowest BCUT2D eigenvalue weighted by Crippen LogP contribution is -2.37. The van der Waals surface area contributed by atoms with Gasteiger partial charge in [0.2, 0.25) is 0 Å². The first kappa shape index (κ1) is 12.5. The zero-order chi connectivity index (χ0) is 12.1. The second-order valence-electron chi connectivity index (χ2n) is 4.47. The van der Waals surface area contributed by atoms with E-state index in [0.717, 1.165) is 18.8 Å². The molecule has 0 atom stereocenters. The fourth-order valence-electron chi connectivity index (χ4n) is 2.12. The van der Waals surface area contributed by atoms with Gasteiger partial charge >= 0.3 is 0 Å². The predicted octanol–water partition coefficient (Wildman–Crippen LogP) is 1.67. The molecule has 1 fully saturated rings.